The van der Waals surface area contributed by atoms with E-state index < -0.39 is 5.97 Å². The third-order valence-electron chi connectivity index (χ3n) is 2.60. The van der Waals surface area contributed by atoms with Crippen LogP contribution in [-0.4, -0.2) is 34.6 Å². The number of carbonyl (C=O) groups is 1. The zero-order valence-corrected chi connectivity index (χ0v) is 12.0. The molecule has 1 aromatic heterocycles. The topological polar surface area (TPSA) is 66.3 Å². The smallest absolute Gasteiger partial charge is 0.305 e. The lowest BCUT2D eigenvalue weighted by Gasteiger charge is -2.18. The van der Waals surface area contributed by atoms with Crippen LogP contribution in [0.3, 0.4) is 0 Å². The molecule has 0 bridgehead atoms. The highest BCUT2D eigenvalue weighted by atomic mass is 127. The molecular formula is C12H12IN3O2. The lowest BCUT2D eigenvalue weighted by molar-refractivity contribution is -0.136. The fourth-order valence-corrected chi connectivity index (χ4v) is 2.18. The molecule has 0 saturated carbocycles. The first-order valence-corrected chi connectivity index (χ1v) is 6.49. The lowest BCUT2D eigenvalue weighted by atomic mass is 10.2. The Bertz CT molecular complexity index is 589. The first kappa shape index (κ1) is 13.0. The number of halogens is 1. The summed E-state index contributed by atoms with van der Waals surface area (Å²) in [6, 6.07) is 5.92. The molecule has 6 heteroatoms. The molecule has 0 aliphatic heterocycles. The van der Waals surface area contributed by atoms with Gasteiger partial charge in [0, 0.05) is 22.5 Å². The van der Waals surface area contributed by atoms with Crippen molar-refractivity contribution in [1.82, 2.24) is 9.97 Å². The van der Waals surface area contributed by atoms with E-state index in [4.69, 9.17) is 5.11 Å². The maximum Gasteiger partial charge on any atom is 0.305 e. The second-order valence-corrected chi connectivity index (χ2v) is 5.17. The molecule has 0 spiro atoms. The zero-order chi connectivity index (χ0) is 13.1. The van der Waals surface area contributed by atoms with Crippen molar-refractivity contribution in [2.75, 3.05) is 18.5 Å². The molecule has 0 saturated heterocycles. The normalized spacial score (nSPS) is 10.6. The maximum atomic E-state index is 10.6. The quantitative estimate of drug-likeness (QED) is 0.850. The number of benzene rings is 1. The molecule has 0 radical (unpaired) electrons. The van der Waals surface area contributed by atoms with Crippen molar-refractivity contribution in [3.8, 4) is 0 Å². The van der Waals surface area contributed by atoms with Gasteiger partial charge < -0.3 is 10.0 Å². The molecule has 1 aromatic carbocycles. The van der Waals surface area contributed by atoms with E-state index in [0.29, 0.717) is 6.54 Å². The van der Waals surface area contributed by atoms with Crippen molar-refractivity contribution in [2.24, 2.45) is 0 Å². The van der Waals surface area contributed by atoms with E-state index in [2.05, 4.69) is 32.6 Å². The fraction of sp³-hybridized carbons (Fsp3) is 0.250. The van der Waals surface area contributed by atoms with Gasteiger partial charge in [-0.1, -0.05) is 0 Å². The molecule has 0 fully saturated rings. The Labute approximate surface area is 118 Å². The molecule has 0 unspecified atom stereocenters. The first-order valence-electron chi connectivity index (χ1n) is 5.41. The van der Waals surface area contributed by atoms with Crippen molar-refractivity contribution in [1.29, 1.82) is 0 Å². The SMILES string of the molecule is CN(CCC(=O)O)c1ncnc2ccc(I)cc12. The van der Waals surface area contributed by atoms with Crippen molar-refractivity contribution in [2.45, 2.75) is 6.42 Å². The molecule has 94 valence electrons. The van der Waals surface area contributed by atoms with Crippen LogP contribution in [0.2, 0.25) is 0 Å². The molecule has 2 aromatic rings. The Morgan fingerprint density at radius 3 is 2.94 bits per heavy atom. The van der Waals surface area contributed by atoms with E-state index in [1.807, 2.05) is 30.1 Å². The summed E-state index contributed by atoms with van der Waals surface area (Å²) in [6.45, 7) is 0.424. The summed E-state index contributed by atoms with van der Waals surface area (Å²) < 4.78 is 1.10. The van der Waals surface area contributed by atoms with Gasteiger partial charge in [0.25, 0.3) is 0 Å². The van der Waals surface area contributed by atoms with Crippen LogP contribution in [0.1, 0.15) is 6.42 Å². The van der Waals surface area contributed by atoms with Crippen molar-refractivity contribution >= 4 is 45.3 Å². The Kier molecular flexibility index (Phi) is 3.95. The molecule has 0 amide bonds. The minimum absolute atomic E-state index is 0.0892. The van der Waals surface area contributed by atoms with E-state index in [9.17, 15) is 4.79 Å². The number of anilines is 1. The Morgan fingerprint density at radius 2 is 2.22 bits per heavy atom. The number of carboxylic acids is 1. The van der Waals surface area contributed by atoms with Gasteiger partial charge in [-0.25, -0.2) is 9.97 Å². The minimum Gasteiger partial charge on any atom is -0.481 e. The molecule has 1 N–H and O–H groups in total. The monoisotopic (exact) mass is 357 g/mol. The predicted octanol–water partition coefficient (Wildman–Crippen LogP) is 2.15. The van der Waals surface area contributed by atoms with Gasteiger partial charge >= 0.3 is 5.97 Å². The van der Waals surface area contributed by atoms with E-state index in [1.165, 1.54) is 6.33 Å². The first-order chi connectivity index (χ1) is 8.58. The van der Waals surface area contributed by atoms with E-state index >= 15 is 0 Å². The van der Waals surface area contributed by atoms with Gasteiger partial charge in [-0.15, -0.1) is 0 Å². The second-order valence-electron chi connectivity index (χ2n) is 3.92. The zero-order valence-electron chi connectivity index (χ0n) is 9.80. The minimum atomic E-state index is -0.810. The second kappa shape index (κ2) is 5.47. The van der Waals surface area contributed by atoms with Crippen LogP contribution in [-0.2, 0) is 4.79 Å². The Hall–Kier alpha value is -1.44. The van der Waals surface area contributed by atoms with Gasteiger partial charge in [0.2, 0.25) is 0 Å². The van der Waals surface area contributed by atoms with Gasteiger partial charge in [0.05, 0.1) is 11.9 Å². The summed E-state index contributed by atoms with van der Waals surface area (Å²) in [6.07, 6.45) is 1.59. The third kappa shape index (κ3) is 2.87. The standard InChI is InChI=1S/C12H12IN3O2/c1-16(5-4-11(17)18)12-9-6-8(13)2-3-10(9)14-7-15-12/h2-3,6-7H,4-5H2,1H3,(H,17,18). The molecule has 0 aliphatic carbocycles. The third-order valence-corrected chi connectivity index (χ3v) is 3.27. The molecule has 18 heavy (non-hydrogen) atoms. The van der Waals surface area contributed by atoms with Crippen LogP contribution in [0.15, 0.2) is 24.5 Å². The summed E-state index contributed by atoms with van der Waals surface area (Å²) in [5.74, 6) is -0.0467. The van der Waals surface area contributed by atoms with E-state index in [0.717, 1.165) is 20.3 Å². The average Bonchev–Trinajstić information content (AvgIpc) is 2.35. The Balaban J connectivity index is 2.37. The highest BCUT2D eigenvalue weighted by molar-refractivity contribution is 14.1. The summed E-state index contributed by atoms with van der Waals surface area (Å²) in [5.41, 5.74) is 0.864. The number of aromatic nitrogens is 2. The lowest BCUT2D eigenvalue weighted by Crippen LogP contribution is -2.22. The van der Waals surface area contributed by atoms with Crippen LogP contribution in [0.5, 0.6) is 0 Å². The van der Waals surface area contributed by atoms with Crippen LogP contribution in [0, 0.1) is 3.57 Å². The number of hydrogen-bond donors (Lipinski definition) is 1. The van der Waals surface area contributed by atoms with Crippen molar-refractivity contribution in [3.63, 3.8) is 0 Å². The molecule has 2 rings (SSSR count). The van der Waals surface area contributed by atoms with Gasteiger partial charge in [0.15, 0.2) is 0 Å². The summed E-state index contributed by atoms with van der Waals surface area (Å²) in [4.78, 5) is 20.9. The van der Waals surface area contributed by atoms with Crippen LogP contribution in [0.4, 0.5) is 5.82 Å². The maximum absolute atomic E-state index is 10.6. The van der Waals surface area contributed by atoms with Gasteiger partial charge in [-0.2, -0.15) is 0 Å². The van der Waals surface area contributed by atoms with Crippen molar-refractivity contribution < 1.29 is 9.90 Å². The Morgan fingerprint density at radius 1 is 1.44 bits per heavy atom. The van der Waals surface area contributed by atoms with Gasteiger partial charge in [-0.05, 0) is 40.8 Å². The van der Waals surface area contributed by atoms with Crippen LogP contribution < -0.4 is 4.90 Å². The average molecular weight is 357 g/mol. The summed E-state index contributed by atoms with van der Waals surface area (Å²) >= 11 is 2.23. The van der Waals surface area contributed by atoms with Crippen molar-refractivity contribution in [3.05, 3.63) is 28.1 Å². The number of carboxylic acid groups (broad SMARTS) is 1. The largest absolute Gasteiger partial charge is 0.481 e. The number of nitrogens with zero attached hydrogens (tertiary/aromatic N) is 3. The molecule has 0 aliphatic rings. The number of hydrogen-bond acceptors (Lipinski definition) is 4. The molecule has 5 nitrogen and oxygen atoms in total. The van der Waals surface area contributed by atoms with Gasteiger partial charge in [-0.3, -0.25) is 4.79 Å². The van der Waals surface area contributed by atoms with Crippen LogP contribution >= 0.6 is 22.6 Å². The molecule has 1 heterocycles. The summed E-state index contributed by atoms with van der Waals surface area (Å²) in [7, 11) is 1.84. The van der Waals surface area contributed by atoms with Gasteiger partial charge in [0.1, 0.15) is 12.1 Å². The van der Waals surface area contributed by atoms with E-state index in [1.54, 1.807) is 0 Å². The highest BCUT2D eigenvalue weighted by Crippen LogP contribution is 2.23. The molecular weight excluding hydrogens is 345 g/mol. The van der Waals surface area contributed by atoms with Crippen LogP contribution in [0.25, 0.3) is 10.9 Å². The number of fused-ring (bicyclic) bond motifs is 1. The summed E-state index contributed by atoms with van der Waals surface area (Å²) in [5, 5.41) is 9.65. The number of aliphatic carboxylic acids is 1. The predicted molar refractivity (Wildman–Crippen MR) is 77.8 cm³/mol. The molecule has 0 atom stereocenters. The highest BCUT2D eigenvalue weighted by Gasteiger charge is 2.10. The fourth-order valence-electron chi connectivity index (χ4n) is 1.69. The van der Waals surface area contributed by atoms with E-state index in [-0.39, 0.29) is 6.42 Å². The number of rotatable bonds is 4.